The van der Waals surface area contributed by atoms with Gasteiger partial charge in [-0.1, -0.05) is 13.8 Å². The summed E-state index contributed by atoms with van der Waals surface area (Å²) in [5.74, 6) is 0.674. The molecule has 1 aliphatic carbocycles. The third-order valence-corrected chi connectivity index (χ3v) is 2.88. The van der Waals surface area contributed by atoms with Crippen LogP contribution in [0.25, 0.3) is 0 Å². The highest BCUT2D eigenvalue weighted by Crippen LogP contribution is 2.40. The Kier molecular flexibility index (Phi) is 2.03. The summed E-state index contributed by atoms with van der Waals surface area (Å²) in [5.41, 5.74) is 6.77. The predicted molar refractivity (Wildman–Crippen MR) is 53.2 cm³/mol. The van der Waals surface area contributed by atoms with Gasteiger partial charge in [-0.2, -0.15) is 0 Å². The number of nitrogens with one attached hydrogen (secondary N) is 1. The van der Waals surface area contributed by atoms with Gasteiger partial charge in [0.15, 0.2) is 0 Å². The molecule has 0 aromatic carbocycles. The summed E-state index contributed by atoms with van der Waals surface area (Å²) in [6.07, 6.45) is 1.82. The first-order valence-corrected chi connectivity index (χ1v) is 4.94. The van der Waals surface area contributed by atoms with Crippen LogP contribution in [0, 0.1) is 5.41 Å². The standard InChI is InChI=1S/C10H16N2O2/c1-10(2)3-6(5-11)8-7(4-10)14-9(13)12-8/h6H,3-5,11H2,1-2H3,(H,12,13). The van der Waals surface area contributed by atoms with Crippen molar-refractivity contribution in [3.05, 3.63) is 22.0 Å². The van der Waals surface area contributed by atoms with E-state index in [9.17, 15) is 4.79 Å². The highest BCUT2D eigenvalue weighted by molar-refractivity contribution is 5.19. The fourth-order valence-corrected chi connectivity index (χ4v) is 2.31. The van der Waals surface area contributed by atoms with E-state index < -0.39 is 0 Å². The van der Waals surface area contributed by atoms with Crippen molar-refractivity contribution in [2.24, 2.45) is 11.1 Å². The summed E-state index contributed by atoms with van der Waals surface area (Å²) < 4.78 is 5.11. The lowest BCUT2D eigenvalue weighted by Crippen LogP contribution is -2.29. The van der Waals surface area contributed by atoms with Gasteiger partial charge >= 0.3 is 5.76 Å². The normalized spacial score (nSPS) is 24.6. The molecule has 78 valence electrons. The highest BCUT2D eigenvalue weighted by atomic mass is 16.4. The first kappa shape index (κ1) is 9.52. The minimum Gasteiger partial charge on any atom is -0.413 e. The van der Waals surface area contributed by atoms with Gasteiger partial charge in [-0.05, 0) is 11.8 Å². The van der Waals surface area contributed by atoms with Gasteiger partial charge in [0.25, 0.3) is 0 Å². The third kappa shape index (κ3) is 1.50. The van der Waals surface area contributed by atoms with E-state index in [0.29, 0.717) is 6.54 Å². The Morgan fingerprint density at radius 2 is 2.36 bits per heavy atom. The van der Waals surface area contributed by atoms with Crippen LogP contribution in [0.1, 0.15) is 37.6 Å². The lowest BCUT2D eigenvalue weighted by atomic mass is 9.73. The van der Waals surface area contributed by atoms with E-state index in [1.54, 1.807) is 0 Å². The lowest BCUT2D eigenvalue weighted by molar-refractivity contribution is 0.253. The Balaban J connectivity index is 2.45. The van der Waals surface area contributed by atoms with Crippen LogP contribution in [0.4, 0.5) is 0 Å². The molecule has 1 heterocycles. The van der Waals surface area contributed by atoms with Crippen LogP contribution in [-0.4, -0.2) is 11.5 Å². The fraction of sp³-hybridized carbons (Fsp3) is 0.700. The Bertz CT molecular complexity index is 389. The van der Waals surface area contributed by atoms with E-state index in [2.05, 4.69) is 18.8 Å². The Hall–Kier alpha value is -1.03. The van der Waals surface area contributed by atoms with Gasteiger partial charge in [-0.15, -0.1) is 0 Å². The van der Waals surface area contributed by atoms with Crippen LogP contribution in [0.2, 0.25) is 0 Å². The minimum absolute atomic E-state index is 0.176. The molecule has 0 aliphatic heterocycles. The molecule has 0 saturated heterocycles. The van der Waals surface area contributed by atoms with Crippen molar-refractivity contribution in [3.8, 4) is 0 Å². The van der Waals surface area contributed by atoms with E-state index >= 15 is 0 Å². The monoisotopic (exact) mass is 196 g/mol. The van der Waals surface area contributed by atoms with Gasteiger partial charge in [-0.25, -0.2) is 4.79 Å². The third-order valence-electron chi connectivity index (χ3n) is 2.88. The average Bonchev–Trinajstić information content (AvgIpc) is 2.41. The van der Waals surface area contributed by atoms with Crippen LogP contribution in [0.3, 0.4) is 0 Å². The van der Waals surface area contributed by atoms with E-state index in [1.165, 1.54) is 0 Å². The summed E-state index contributed by atoms with van der Waals surface area (Å²) in [6.45, 7) is 4.91. The first-order valence-electron chi connectivity index (χ1n) is 4.94. The number of H-pyrrole nitrogens is 1. The molecule has 0 bridgehead atoms. The summed E-state index contributed by atoms with van der Waals surface area (Å²) in [5, 5.41) is 0. The molecule has 14 heavy (non-hydrogen) atoms. The van der Waals surface area contributed by atoms with Gasteiger partial charge in [-0.3, -0.25) is 4.98 Å². The molecular formula is C10H16N2O2. The smallest absolute Gasteiger partial charge is 0.413 e. The number of hydrogen-bond donors (Lipinski definition) is 2. The predicted octanol–water partition coefficient (Wildman–Crippen LogP) is 0.983. The molecule has 1 aromatic rings. The van der Waals surface area contributed by atoms with E-state index in [-0.39, 0.29) is 17.1 Å². The zero-order valence-corrected chi connectivity index (χ0v) is 8.59. The molecule has 3 N–H and O–H groups in total. The maximum absolute atomic E-state index is 11.1. The zero-order valence-electron chi connectivity index (χ0n) is 8.59. The minimum atomic E-state index is -0.355. The summed E-state index contributed by atoms with van der Waals surface area (Å²) in [4.78, 5) is 13.8. The Labute approximate surface area is 82.5 Å². The van der Waals surface area contributed by atoms with Crippen LogP contribution < -0.4 is 11.5 Å². The fourth-order valence-electron chi connectivity index (χ4n) is 2.31. The van der Waals surface area contributed by atoms with Crippen LogP contribution >= 0.6 is 0 Å². The molecule has 1 unspecified atom stereocenters. The van der Waals surface area contributed by atoms with Crippen molar-refractivity contribution in [2.45, 2.75) is 32.6 Å². The SMILES string of the molecule is CC1(C)Cc2oc(=O)[nH]c2C(CN)C1. The molecular weight excluding hydrogens is 180 g/mol. The molecule has 1 aromatic heterocycles. The van der Waals surface area contributed by atoms with Gasteiger partial charge in [0.2, 0.25) is 0 Å². The molecule has 4 nitrogen and oxygen atoms in total. The van der Waals surface area contributed by atoms with E-state index in [0.717, 1.165) is 24.3 Å². The topological polar surface area (TPSA) is 72.0 Å². The van der Waals surface area contributed by atoms with Gasteiger partial charge < -0.3 is 10.2 Å². The second kappa shape index (κ2) is 2.98. The summed E-state index contributed by atoms with van der Waals surface area (Å²) in [6, 6.07) is 0. The molecule has 1 aliphatic rings. The van der Waals surface area contributed by atoms with E-state index in [4.69, 9.17) is 10.2 Å². The van der Waals surface area contributed by atoms with Crippen molar-refractivity contribution in [2.75, 3.05) is 6.54 Å². The van der Waals surface area contributed by atoms with E-state index in [1.807, 2.05) is 0 Å². The highest BCUT2D eigenvalue weighted by Gasteiger charge is 2.34. The number of rotatable bonds is 1. The number of aromatic amines is 1. The van der Waals surface area contributed by atoms with Gasteiger partial charge in [0, 0.05) is 18.9 Å². The number of fused-ring (bicyclic) bond motifs is 1. The summed E-state index contributed by atoms with van der Waals surface area (Å²) >= 11 is 0. The van der Waals surface area contributed by atoms with Crippen molar-refractivity contribution >= 4 is 0 Å². The van der Waals surface area contributed by atoms with Crippen molar-refractivity contribution in [1.82, 2.24) is 4.98 Å². The first-order chi connectivity index (χ1) is 6.52. The van der Waals surface area contributed by atoms with Gasteiger partial charge in [0.1, 0.15) is 5.76 Å². The van der Waals surface area contributed by atoms with Crippen LogP contribution in [0.5, 0.6) is 0 Å². The second-order valence-electron chi connectivity index (χ2n) is 4.83. The summed E-state index contributed by atoms with van der Waals surface area (Å²) in [7, 11) is 0. The Morgan fingerprint density at radius 1 is 1.64 bits per heavy atom. The molecule has 0 saturated carbocycles. The quantitative estimate of drug-likeness (QED) is 0.703. The molecule has 0 radical (unpaired) electrons. The number of hydrogen-bond acceptors (Lipinski definition) is 3. The van der Waals surface area contributed by atoms with Gasteiger partial charge in [0.05, 0.1) is 5.69 Å². The van der Waals surface area contributed by atoms with Crippen LogP contribution in [0.15, 0.2) is 9.21 Å². The molecule has 1 atom stereocenters. The maximum Gasteiger partial charge on any atom is 0.416 e. The Morgan fingerprint density at radius 3 is 3.00 bits per heavy atom. The zero-order chi connectivity index (χ0) is 10.3. The molecule has 2 rings (SSSR count). The van der Waals surface area contributed by atoms with Crippen molar-refractivity contribution in [1.29, 1.82) is 0 Å². The molecule has 0 spiro atoms. The maximum atomic E-state index is 11.1. The molecule has 4 heteroatoms. The van der Waals surface area contributed by atoms with Crippen molar-refractivity contribution in [3.63, 3.8) is 0 Å². The average molecular weight is 196 g/mol. The molecule has 0 amide bonds. The number of oxazole rings is 1. The molecule has 0 fully saturated rings. The van der Waals surface area contributed by atoms with Crippen molar-refractivity contribution < 1.29 is 4.42 Å². The number of aromatic nitrogens is 1. The second-order valence-corrected chi connectivity index (χ2v) is 4.83. The largest absolute Gasteiger partial charge is 0.416 e. The lowest BCUT2D eigenvalue weighted by Gasteiger charge is -2.32. The van der Waals surface area contributed by atoms with Crippen LogP contribution in [-0.2, 0) is 6.42 Å². The number of nitrogens with two attached hydrogens (primary N) is 1.